The molecule has 3 heteroatoms. The number of hydrogen-bond donors (Lipinski definition) is 1. The van der Waals surface area contributed by atoms with Crippen LogP contribution in [-0.2, 0) is 4.79 Å². The fourth-order valence-electron chi connectivity index (χ4n) is 3.37. The Bertz CT molecular complexity index is 272. The Morgan fingerprint density at radius 3 is 2.14 bits per heavy atom. The van der Waals surface area contributed by atoms with Crippen molar-refractivity contribution < 1.29 is 4.79 Å². The average molecular weight is 296 g/mol. The second-order valence-electron chi connectivity index (χ2n) is 6.67. The van der Waals surface area contributed by atoms with E-state index < -0.39 is 0 Å². The van der Waals surface area contributed by atoms with Crippen LogP contribution in [0.3, 0.4) is 0 Å². The number of hydrogen-bond acceptors (Lipinski definition) is 2. The third-order valence-corrected chi connectivity index (χ3v) is 5.04. The maximum Gasteiger partial charge on any atom is 0.222 e. The molecule has 0 aromatic rings. The summed E-state index contributed by atoms with van der Waals surface area (Å²) < 4.78 is 0. The monoisotopic (exact) mass is 296 g/mol. The minimum Gasteiger partial charge on any atom is -0.343 e. The van der Waals surface area contributed by atoms with Gasteiger partial charge in [0.25, 0.3) is 0 Å². The van der Waals surface area contributed by atoms with E-state index in [1.807, 2.05) is 19.0 Å². The summed E-state index contributed by atoms with van der Waals surface area (Å²) in [4.78, 5) is 14.3. The number of amides is 1. The first-order chi connectivity index (χ1) is 10.2. The van der Waals surface area contributed by atoms with Gasteiger partial charge in [-0.25, -0.2) is 0 Å². The van der Waals surface area contributed by atoms with Crippen molar-refractivity contribution in [2.45, 2.75) is 96.1 Å². The van der Waals surface area contributed by atoms with Crippen LogP contribution in [0, 0.1) is 0 Å². The summed E-state index contributed by atoms with van der Waals surface area (Å²) in [5.41, 5.74) is 0. The van der Waals surface area contributed by atoms with Gasteiger partial charge < -0.3 is 10.2 Å². The summed E-state index contributed by atoms with van der Waals surface area (Å²) in [5, 5.41) is 3.35. The number of rotatable bonds is 10. The van der Waals surface area contributed by atoms with Crippen LogP contribution in [-0.4, -0.2) is 37.0 Å². The van der Waals surface area contributed by atoms with Gasteiger partial charge in [-0.3, -0.25) is 4.79 Å². The van der Waals surface area contributed by atoms with E-state index in [1.165, 1.54) is 51.4 Å². The molecule has 0 bridgehead atoms. The zero-order valence-electron chi connectivity index (χ0n) is 14.5. The smallest absolute Gasteiger partial charge is 0.222 e. The van der Waals surface area contributed by atoms with Crippen LogP contribution in [0.1, 0.15) is 84.0 Å². The second kappa shape index (κ2) is 11.1. The Labute approximate surface area is 131 Å². The van der Waals surface area contributed by atoms with Gasteiger partial charge in [-0.15, -0.1) is 0 Å². The molecular weight excluding hydrogens is 260 g/mol. The molecule has 0 heterocycles. The van der Waals surface area contributed by atoms with E-state index in [9.17, 15) is 4.79 Å². The zero-order chi connectivity index (χ0) is 15.5. The van der Waals surface area contributed by atoms with Crippen LogP contribution in [0.25, 0.3) is 0 Å². The van der Waals surface area contributed by atoms with Gasteiger partial charge in [0.05, 0.1) is 0 Å². The normalized spacial score (nSPS) is 22.2. The maximum absolute atomic E-state index is 12.2. The van der Waals surface area contributed by atoms with Crippen molar-refractivity contribution in [2.75, 3.05) is 14.1 Å². The molecule has 0 atom stereocenters. The first-order valence-corrected chi connectivity index (χ1v) is 9.12. The Balaban J connectivity index is 2.08. The quantitative estimate of drug-likeness (QED) is 0.615. The summed E-state index contributed by atoms with van der Waals surface area (Å²) in [7, 11) is 4.05. The second-order valence-corrected chi connectivity index (χ2v) is 6.67. The molecule has 0 spiro atoms. The third kappa shape index (κ3) is 7.30. The number of nitrogens with zero attached hydrogens (tertiary/aromatic N) is 1. The molecule has 3 nitrogen and oxygen atoms in total. The lowest BCUT2D eigenvalue weighted by atomic mass is 9.90. The van der Waals surface area contributed by atoms with Crippen LogP contribution < -0.4 is 5.32 Å². The van der Waals surface area contributed by atoms with Gasteiger partial charge in [0, 0.05) is 25.6 Å². The SMILES string of the molecule is CCCCCCCCCC(=O)N(C)C1CCC(NC)CC1. The summed E-state index contributed by atoms with van der Waals surface area (Å²) >= 11 is 0. The van der Waals surface area contributed by atoms with Crippen LogP contribution in [0.15, 0.2) is 0 Å². The number of unbranched alkanes of at least 4 members (excludes halogenated alkanes) is 6. The molecule has 0 radical (unpaired) electrons. The summed E-state index contributed by atoms with van der Waals surface area (Å²) in [6.45, 7) is 2.25. The van der Waals surface area contributed by atoms with Gasteiger partial charge >= 0.3 is 0 Å². The molecule has 1 rings (SSSR count). The largest absolute Gasteiger partial charge is 0.343 e. The molecule has 124 valence electrons. The van der Waals surface area contributed by atoms with E-state index in [-0.39, 0.29) is 0 Å². The lowest BCUT2D eigenvalue weighted by Crippen LogP contribution is -2.42. The van der Waals surface area contributed by atoms with Crippen molar-refractivity contribution in [2.24, 2.45) is 0 Å². The van der Waals surface area contributed by atoms with E-state index >= 15 is 0 Å². The fourth-order valence-corrected chi connectivity index (χ4v) is 3.37. The first kappa shape index (κ1) is 18.5. The number of carbonyl (C=O) groups is 1. The molecule has 1 aliphatic carbocycles. The van der Waals surface area contributed by atoms with Crippen molar-refractivity contribution in [3.63, 3.8) is 0 Å². The van der Waals surface area contributed by atoms with Gasteiger partial charge in [0.15, 0.2) is 0 Å². The Hall–Kier alpha value is -0.570. The van der Waals surface area contributed by atoms with E-state index in [0.29, 0.717) is 18.0 Å². The molecule has 1 aliphatic rings. The molecule has 0 aromatic heterocycles. The van der Waals surface area contributed by atoms with E-state index in [2.05, 4.69) is 12.2 Å². The van der Waals surface area contributed by atoms with Crippen molar-refractivity contribution >= 4 is 5.91 Å². The van der Waals surface area contributed by atoms with Crippen molar-refractivity contribution in [3.8, 4) is 0 Å². The topological polar surface area (TPSA) is 32.3 Å². The van der Waals surface area contributed by atoms with Crippen LogP contribution in [0.2, 0.25) is 0 Å². The van der Waals surface area contributed by atoms with Crippen LogP contribution >= 0.6 is 0 Å². The molecule has 1 fully saturated rings. The highest BCUT2D eigenvalue weighted by Gasteiger charge is 2.25. The molecule has 0 aromatic carbocycles. The highest BCUT2D eigenvalue weighted by Crippen LogP contribution is 2.23. The van der Waals surface area contributed by atoms with Gasteiger partial charge in [0.2, 0.25) is 5.91 Å². The molecule has 0 aliphatic heterocycles. The zero-order valence-corrected chi connectivity index (χ0v) is 14.5. The number of nitrogens with one attached hydrogen (secondary N) is 1. The Kier molecular flexibility index (Phi) is 9.73. The van der Waals surface area contributed by atoms with Gasteiger partial charge in [-0.1, -0.05) is 45.4 Å². The summed E-state index contributed by atoms with van der Waals surface area (Å²) in [6.07, 6.45) is 14.4. The highest BCUT2D eigenvalue weighted by molar-refractivity contribution is 5.76. The number of carbonyl (C=O) groups excluding carboxylic acids is 1. The van der Waals surface area contributed by atoms with Gasteiger partial charge in [-0.05, 0) is 39.2 Å². The molecule has 1 N–H and O–H groups in total. The minimum atomic E-state index is 0.358. The Morgan fingerprint density at radius 1 is 1.00 bits per heavy atom. The third-order valence-electron chi connectivity index (χ3n) is 5.04. The van der Waals surface area contributed by atoms with Gasteiger partial charge in [0.1, 0.15) is 0 Å². The van der Waals surface area contributed by atoms with Crippen LogP contribution in [0.4, 0.5) is 0 Å². The summed E-state index contributed by atoms with van der Waals surface area (Å²) in [6, 6.07) is 1.14. The summed E-state index contributed by atoms with van der Waals surface area (Å²) in [5.74, 6) is 0.358. The first-order valence-electron chi connectivity index (χ1n) is 9.12. The van der Waals surface area contributed by atoms with Gasteiger partial charge in [-0.2, -0.15) is 0 Å². The molecule has 21 heavy (non-hydrogen) atoms. The minimum absolute atomic E-state index is 0.358. The highest BCUT2D eigenvalue weighted by atomic mass is 16.2. The van der Waals surface area contributed by atoms with Crippen molar-refractivity contribution in [1.82, 2.24) is 10.2 Å². The van der Waals surface area contributed by atoms with Crippen molar-refractivity contribution in [3.05, 3.63) is 0 Å². The standard InChI is InChI=1S/C18H36N2O/c1-4-5-6-7-8-9-10-11-18(21)20(3)17-14-12-16(19-2)13-15-17/h16-17,19H,4-15H2,1-3H3. The molecule has 1 amide bonds. The Morgan fingerprint density at radius 2 is 1.57 bits per heavy atom. The molecule has 0 unspecified atom stereocenters. The lowest BCUT2D eigenvalue weighted by Gasteiger charge is -2.34. The van der Waals surface area contributed by atoms with E-state index in [4.69, 9.17) is 0 Å². The molecule has 1 saturated carbocycles. The molecule has 0 saturated heterocycles. The fraction of sp³-hybridized carbons (Fsp3) is 0.944. The van der Waals surface area contributed by atoms with E-state index in [1.54, 1.807) is 0 Å². The average Bonchev–Trinajstić information content (AvgIpc) is 2.53. The predicted octanol–water partition coefficient (Wildman–Crippen LogP) is 4.12. The van der Waals surface area contributed by atoms with Crippen LogP contribution in [0.5, 0.6) is 0 Å². The van der Waals surface area contributed by atoms with E-state index in [0.717, 1.165) is 25.7 Å². The maximum atomic E-state index is 12.2. The molecular formula is C18H36N2O. The lowest BCUT2D eigenvalue weighted by molar-refractivity contribution is -0.132. The predicted molar refractivity (Wildman–Crippen MR) is 90.5 cm³/mol. The van der Waals surface area contributed by atoms with Crippen molar-refractivity contribution in [1.29, 1.82) is 0 Å².